The van der Waals surface area contributed by atoms with Crippen LogP contribution in [0.5, 0.6) is 5.75 Å². The third kappa shape index (κ3) is 4.31. The first-order chi connectivity index (χ1) is 14.8. The highest BCUT2D eigenvalue weighted by molar-refractivity contribution is 7.11. The van der Waals surface area contributed by atoms with Gasteiger partial charge in [0, 0.05) is 31.1 Å². The van der Waals surface area contributed by atoms with Crippen LogP contribution in [0.2, 0.25) is 0 Å². The Balaban J connectivity index is 1.66. The van der Waals surface area contributed by atoms with Crippen LogP contribution in [-0.4, -0.2) is 60.7 Å². The first-order valence-electron chi connectivity index (χ1n) is 9.78. The highest BCUT2D eigenvalue weighted by Crippen LogP contribution is 2.37. The van der Waals surface area contributed by atoms with Crippen molar-refractivity contribution in [2.24, 2.45) is 0 Å². The van der Waals surface area contributed by atoms with E-state index in [2.05, 4.69) is 16.6 Å². The number of imide groups is 1. The molecule has 0 bridgehead atoms. The standard InChI is InChI=1S/C21H20F3N3O3S/c1-2-25-9-11-26(12-10-25)18-17(16-4-3-13-31-16)19(28)27(20(18)29)14-5-7-15(8-6-14)30-21(22,23)24/h3-8,13H,2,9-12H2,1H3. The lowest BCUT2D eigenvalue weighted by atomic mass is 10.1. The summed E-state index contributed by atoms with van der Waals surface area (Å²) in [6.45, 7) is 5.78. The summed E-state index contributed by atoms with van der Waals surface area (Å²) in [6, 6.07) is 8.33. The molecule has 3 heterocycles. The van der Waals surface area contributed by atoms with Crippen LogP contribution in [0, 0.1) is 0 Å². The van der Waals surface area contributed by atoms with Gasteiger partial charge in [-0.3, -0.25) is 9.59 Å². The zero-order valence-electron chi connectivity index (χ0n) is 16.7. The molecule has 0 radical (unpaired) electrons. The van der Waals surface area contributed by atoms with Gasteiger partial charge in [0.15, 0.2) is 0 Å². The van der Waals surface area contributed by atoms with Gasteiger partial charge in [-0.15, -0.1) is 24.5 Å². The second kappa shape index (κ2) is 8.35. The molecule has 2 aromatic rings. The number of piperazine rings is 1. The average Bonchev–Trinajstić information content (AvgIpc) is 3.34. The smallest absolute Gasteiger partial charge is 0.406 e. The fraction of sp³-hybridized carbons (Fsp3) is 0.333. The van der Waals surface area contributed by atoms with Crippen LogP contribution < -0.4 is 9.64 Å². The van der Waals surface area contributed by atoms with Gasteiger partial charge < -0.3 is 14.5 Å². The van der Waals surface area contributed by atoms with E-state index in [0.717, 1.165) is 36.7 Å². The summed E-state index contributed by atoms with van der Waals surface area (Å²) in [6.07, 6.45) is -4.82. The summed E-state index contributed by atoms with van der Waals surface area (Å²) >= 11 is 1.37. The van der Waals surface area contributed by atoms with E-state index < -0.39 is 23.9 Å². The Morgan fingerprint density at radius 2 is 1.68 bits per heavy atom. The van der Waals surface area contributed by atoms with Gasteiger partial charge in [0.05, 0.1) is 11.3 Å². The molecule has 0 atom stereocenters. The maximum absolute atomic E-state index is 13.4. The molecular formula is C21H20F3N3O3S. The number of amides is 2. The third-order valence-corrected chi connectivity index (χ3v) is 6.18. The van der Waals surface area contributed by atoms with Gasteiger partial charge in [-0.25, -0.2) is 4.90 Å². The molecule has 164 valence electrons. The van der Waals surface area contributed by atoms with Gasteiger partial charge in [0.2, 0.25) is 0 Å². The minimum atomic E-state index is -4.82. The number of hydrogen-bond donors (Lipinski definition) is 0. The van der Waals surface area contributed by atoms with Crippen LogP contribution >= 0.6 is 11.3 Å². The first kappa shape index (κ1) is 21.4. The highest BCUT2D eigenvalue weighted by Gasteiger charge is 2.43. The van der Waals surface area contributed by atoms with E-state index in [4.69, 9.17) is 0 Å². The lowest BCUT2D eigenvalue weighted by molar-refractivity contribution is -0.274. The second-order valence-electron chi connectivity index (χ2n) is 7.11. The largest absolute Gasteiger partial charge is 0.573 e. The van der Waals surface area contributed by atoms with Crippen molar-refractivity contribution >= 4 is 34.4 Å². The summed E-state index contributed by atoms with van der Waals surface area (Å²) < 4.78 is 41.2. The number of anilines is 1. The first-order valence-corrected chi connectivity index (χ1v) is 10.7. The SMILES string of the molecule is CCN1CCN(C2=C(c3cccs3)C(=O)N(c3ccc(OC(F)(F)F)cc3)C2=O)CC1. The summed E-state index contributed by atoms with van der Waals surface area (Å²) in [5.41, 5.74) is 0.875. The molecule has 2 aliphatic rings. The number of carbonyl (C=O) groups is 2. The molecule has 10 heteroatoms. The Kier molecular flexibility index (Phi) is 5.76. The van der Waals surface area contributed by atoms with Crippen LogP contribution in [0.4, 0.5) is 18.9 Å². The molecule has 31 heavy (non-hydrogen) atoms. The van der Waals surface area contributed by atoms with Crippen molar-refractivity contribution in [1.29, 1.82) is 0 Å². The predicted molar refractivity (Wildman–Crippen MR) is 111 cm³/mol. The second-order valence-corrected chi connectivity index (χ2v) is 8.06. The summed E-state index contributed by atoms with van der Waals surface area (Å²) in [5, 5.41) is 1.83. The van der Waals surface area contributed by atoms with E-state index in [1.54, 1.807) is 6.07 Å². The van der Waals surface area contributed by atoms with Crippen LogP contribution in [0.1, 0.15) is 11.8 Å². The molecule has 0 spiro atoms. The Labute approximate surface area is 181 Å². The Morgan fingerprint density at radius 3 is 2.23 bits per heavy atom. The number of halogens is 3. The van der Waals surface area contributed by atoms with Crippen molar-refractivity contribution in [3.8, 4) is 5.75 Å². The molecule has 2 amide bonds. The fourth-order valence-electron chi connectivity index (χ4n) is 3.77. The number of nitrogens with zero attached hydrogens (tertiary/aromatic N) is 3. The van der Waals surface area contributed by atoms with Crippen LogP contribution in [0.25, 0.3) is 5.57 Å². The summed E-state index contributed by atoms with van der Waals surface area (Å²) in [7, 11) is 0. The molecule has 0 saturated carbocycles. The average molecular weight is 451 g/mol. The van der Waals surface area contributed by atoms with E-state index >= 15 is 0 Å². The third-order valence-electron chi connectivity index (χ3n) is 5.29. The maximum atomic E-state index is 13.4. The summed E-state index contributed by atoms with van der Waals surface area (Å²) in [5.74, 6) is -1.37. The van der Waals surface area contributed by atoms with Crippen molar-refractivity contribution in [1.82, 2.24) is 9.80 Å². The minimum absolute atomic E-state index is 0.195. The molecule has 1 aromatic heterocycles. The molecule has 0 unspecified atom stereocenters. The number of hydrogen-bond acceptors (Lipinski definition) is 6. The fourth-order valence-corrected chi connectivity index (χ4v) is 4.54. The Morgan fingerprint density at radius 1 is 1.00 bits per heavy atom. The van der Waals surface area contributed by atoms with E-state index in [9.17, 15) is 22.8 Å². The number of carbonyl (C=O) groups excluding carboxylic acids is 2. The minimum Gasteiger partial charge on any atom is -0.406 e. The number of alkyl halides is 3. The van der Waals surface area contributed by atoms with E-state index in [0.29, 0.717) is 29.2 Å². The number of likely N-dealkylation sites (N-methyl/N-ethyl adjacent to an activating group) is 1. The van der Waals surface area contributed by atoms with Gasteiger partial charge in [-0.2, -0.15) is 0 Å². The molecule has 4 rings (SSSR count). The normalized spacial score (nSPS) is 18.3. The van der Waals surface area contributed by atoms with Crippen molar-refractivity contribution in [2.75, 3.05) is 37.6 Å². The molecule has 0 aliphatic carbocycles. The monoisotopic (exact) mass is 451 g/mol. The van der Waals surface area contributed by atoms with Crippen molar-refractivity contribution in [2.45, 2.75) is 13.3 Å². The van der Waals surface area contributed by atoms with Crippen LogP contribution in [0.3, 0.4) is 0 Å². The molecule has 6 nitrogen and oxygen atoms in total. The summed E-state index contributed by atoms with van der Waals surface area (Å²) in [4.78, 5) is 32.6. The van der Waals surface area contributed by atoms with Gasteiger partial charge in [-0.05, 0) is 42.3 Å². The lowest BCUT2D eigenvalue weighted by Crippen LogP contribution is -2.47. The number of thiophene rings is 1. The quantitative estimate of drug-likeness (QED) is 0.651. The molecule has 1 fully saturated rings. The van der Waals surface area contributed by atoms with Gasteiger partial charge >= 0.3 is 6.36 Å². The van der Waals surface area contributed by atoms with E-state index in [-0.39, 0.29) is 5.69 Å². The van der Waals surface area contributed by atoms with E-state index in [1.807, 2.05) is 16.3 Å². The van der Waals surface area contributed by atoms with Crippen LogP contribution in [0.15, 0.2) is 47.5 Å². The van der Waals surface area contributed by atoms with Crippen molar-refractivity contribution in [3.05, 3.63) is 52.4 Å². The predicted octanol–water partition coefficient (Wildman–Crippen LogP) is 3.57. The molecular weight excluding hydrogens is 431 g/mol. The molecule has 1 saturated heterocycles. The van der Waals surface area contributed by atoms with Crippen LogP contribution in [-0.2, 0) is 9.59 Å². The Hall–Kier alpha value is -2.85. The van der Waals surface area contributed by atoms with Gasteiger partial charge in [0.25, 0.3) is 11.8 Å². The molecule has 2 aliphatic heterocycles. The highest BCUT2D eigenvalue weighted by atomic mass is 32.1. The van der Waals surface area contributed by atoms with Gasteiger partial charge in [-0.1, -0.05) is 13.0 Å². The van der Waals surface area contributed by atoms with Gasteiger partial charge in [0.1, 0.15) is 11.4 Å². The van der Waals surface area contributed by atoms with Crippen molar-refractivity contribution < 1.29 is 27.5 Å². The number of benzene rings is 1. The zero-order valence-corrected chi connectivity index (χ0v) is 17.5. The topological polar surface area (TPSA) is 53.1 Å². The lowest BCUT2D eigenvalue weighted by Gasteiger charge is -2.35. The maximum Gasteiger partial charge on any atom is 0.573 e. The zero-order chi connectivity index (χ0) is 22.2. The number of ether oxygens (including phenoxy) is 1. The molecule has 0 N–H and O–H groups in total. The van der Waals surface area contributed by atoms with E-state index in [1.165, 1.54) is 23.5 Å². The molecule has 1 aromatic carbocycles. The van der Waals surface area contributed by atoms with Crippen molar-refractivity contribution in [3.63, 3.8) is 0 Å². The number of rotatable bonds is 5. The Bertz CT molecular complexity index is 995.